The summed E-state index contributed by atoms with van der Waals surface area (Å²) in [6.07, 6.45) is 4.01. The molecule has 2 aliphatic rings. The molecule has 1 aromatic rings. The number of likely N-dealkylation sites (tertiary alicyclic amines) is 1. The molecule has 0 saturated carbocycles. The van der Waals surface area contributed by atoms with Crippen molar-refractivity contribution in [2.24, 2.45) is 10.9 Å². The second-order valence-electron chi connectivity index (χ2n) is 7.94. The molecule has 0 aromatic carbocycles. The van der Waals surface area contributed by atoms with Crippen molar-refractivity contribution >= 4 is 16.0 Å². The van der Waals surface area contributed by atoms with Gasteiger partial charge in [-0.05, 0) is 38.8 Å². The van der Waals surface area contributed by atoms with Crippen LogP contribution in [0.4, 0.5) is 0 Å². The maximum atomic E-state index is 12.6. The van der Waals surface area contributed by atoms with Gasteiger partial charge < -0.3 is 19.6 Å². The predicted molar refractivity (Wildman–Crippen MR) is 113 cm³/mol. The Hall–Kier alpha value is -1.65. The molecule has 2 aliphatic heterocycles. The summed E-state index contributed by atoms with van der Waals surface area (Å²) in [6.45, 7) is 11.6. The van der Waals surface area contributed by atoms with Gasteiger partial charge in [-0.1, -0.05) is 12.1 Å². The maximum absolute atomic E-state index is 12.6. The van der Waals surface area contributed by atoms with Gasteiger partial charge in [-0.15, -0.1) is 0 Å². The molecule has 0 spiro atoms. The Morgan fingerprint density at radius 3 is 2.59 bits per heavy atom. The molecule has 1 N–H and O–H groups in total. The first kappa shape index (κ1) is 22.0. The van der Waals surface area contributed by atoms with E-state index in [1.54, 1.807) is 6.07 Å². The first-order valence-corrected chi connectivity index (χ1v) is 12.2. The van der Waals surface area contributed by atoms with Crippen molar-refractivity contribution in [3.8, 4) is 0 Å². The molecule has 0 aliphatic carbocycles. The Morgan fingerprint density at radius 2 is 1.97 bits per heavy atom. The van der Waals surface area contributed by atoms with Crippen molar-refractivity contribution < 1.29 is 12.9 Å². The molecule has 0 bridgehead atoms. The molecule has 3 heterocycles. The Bertz CT molecular complexity index is 738. The van der Waals surface area contributed by atoms with E-state index in [-0.39, 0.29) is 5.75 Å². The van der Waals surface area contributed by atoms with E-state index in [9.17, 15) is 8.42 Å². The topological polar surface area (TPSA) is 94.3 Å². The fraction of sp³-hybridized carbons (Fsp3) is 0.789. The monoisotopic (exact) mass is 426 g/mol. The molecular weight excluding hydrogens is 392 g/mol. The van der Waals surface area contributed by atoms with Gasteiger partial charge >= 0.3 is 0 Å². The van der Waals surface area contributed by atoms with Crippen LogP contribution in [0.5, 0.6) is 0 Å². The summed E-state index contributed by atoms with van der Waals surface area (Å²) in [4.78, 5) is 9.52. The SMILES string of the molecule is CCNC(=NCC(C)CN1CCCC1)N1CCN(S(=O)(=O)Cc2ccon2)CC1. The minimum Gasteiger partial charge on any atom is -0.364 e. The van der Waals surface area contributed by atoms with E-state index in [2.05, 4.69) is 34.1 Å². The number of nitrogens with one attached hydrogen (secondary N) is 1. The number of sulfonamides is 1. The standard InChI is InChI=1S/C19H34N6O3S/c1-3-20-19(21-14-17(2)15-23-7-4-5-8-23)24-9-11-25(12-10-24)29(26,27)16-18-6-13-28-22-18/h6,13,17H,3-5,7-12,14-16H2,1-2H3,(H,20,21). The molecule has 9 nitrogen and oxygen atoms in total. The molecule has 1 aromatic heterocycles. The average molecular weight is 427 g/mol. The lowest BCUT2D eigenvalue weighted by Crippen LogP contribution is -2.54. The summed E-state index contributed by atoms with van der Waals surface area (Å²) >= 11 is 0. The van der Waals surface area contributed by atoms with Crippen LogP contribution in [-0.4, -0.2) is 92.5 Å². The Morgan fingerprint density at radius 1 is 1.24 bits per heavy atom. The van der Waals surface area contributed by atoms with Crippen molar-refractivity contribution in [3.63, 3.8) is 0 Å². The van der Waals surface area contributed by atoms with Crippen molar-refractivity contribution in [1.29, 1.82) is 0 Å². The van der Waals surface area contributed by atoms with Gasteiger partial charge in [0, 0.05) is 51.9 Å². The van der Waals surface area contributed by atoms with Crippen LogP contribution in [-0.2, 0) is 15.8 Å². The van der Waals surface area contributed by atoms with Gasteiger partial charge in [0.2, 0.25) is 10.0 Å². The molecular formula is C19H34N6O3S. The van der Waals surface area contributed by atoms with Gasteiger partial charge in [-0.2, -0.15) is 4.31 Å². The van der Waals surface area contributed by atoms with E-state index >= 15 is 0 Å². The van der Waals surface area contributed by atoms with E-state index in [1.807, 2.05) is 0 Å². The number of aromatic nitrogens is 1. The third kappa shape index (κ3) is 6.42. The van der Waals surface area contributed by atoms with Crippen LogP contribution < -0.4 is 5.32 Å². The van der Waals surface area contributed by atoms with Gasteiger partial charge in [0.25, 0.3) is 0 Å². The van der Waals surface area contributed by atoms with E-state index < -0.39 is 10.0 Å². The van der Waals surface area contributed by atoms with E-state index in [1.165, 1.54) is 36.5 Å². The first-order chi connectivity index (χ1) is 14.0. The number of hydrogen-bond acceptors (Lipinski definition) is 6. The fourth-order valence-electron chi connectivity index (χ4n) is 3.90. The first-order valence-electron chi connectivity index (χ1n) is 10.6. The Kier molecular flexibility index (Phi) is 7.91. The second kappa shape index (κ2) is 10.4. The lowest BCUT2D eigenvalue weighted by molar-refractivity contribution is 0.258. The predicted octanol–water partition coefficient (Wildman–Crippen LogP) is 0.819. The third-order valence-electron chi connectivity index (χ3n) is 5.41. The number of guanidine groups is 1. The molecule has 1 unspecified atom stereocenters. The highest BCUT2D eigenvalue weighted by Crippen LogP contribution is 2.14. The molecule has 2 fully saturated rings. The summed E-state index contributed by atoms with van der Waals surface area (Å²) in [5.41, 5.74) is 0.439. The largest absolute Gasteiger partial charge is 0.364 e. The lowest BCUT2D eigenvalue weighted by Gasteiger charge is -2.36. The Labute approximate surface area is 174 Å². The zero-order chi connectivity index (χ0) is 20.7. The molecule has 10 heteroatoms. The number of rotatable bonds is 8. The minimum atomic E-state index is -3.39. The van der Waals surface area contributed by atoms with E-state index in [0.29, 0.717) is 37.8 Å². The third-order valence-corrected chi connectivity index (χ3v) is 7.22. The van der Waals surface area contributed by atoms with Crippen molar-refractivity contribution in [3.05, 3.63) is 18.0 Å². The van der Waals surface area contributed by atoms with Crippen LogP contribution in [0.1, 0.15) is 32.4 Å². The van der Waals surface area contributed by atoms with Crippen LogP contribution in [0.25, 0.3) is 0 Å². The van der Waals surface area contributed by atoms with Crippen molar-refractivity contribution in [2.45, 2.75) is 32.4 Å². The van der Waals surface area contributed by atoms with E-state index in [0.717, 1.165) is 25.6 Å². The summed E-state index contributed by atoms with van der Waals surface area (Å²) in [6, 6.07) is 1.59. The normalized spacial score (nSPS) is 20.9. The van der Waals surface area contributed by atoms with Crippen LogP contribution in [0.3, 0.4) is 0 Å². The van der Waals surface area contributed by atoms with Crippen molar-refractivity contribution in [1.82, 2.24) is 24.6 Å². The minimum absolute atomic E-state index is 0.119. The zero-order valence-electron chi connectivity index (χ0n) is 17.6. The van der Waals surface area contributed by atoms with Crippen LogP contribution in [0, 0.1) is 5.92 Å². The van der Waals surface area contributed by atoms with E-state index in [4.69, 9.17) is 9.52 Å². The number of aliphatic imine (C=N–C) groups is 1. The van der Waals surface area contributed by atoms with Crippen molar-refractivity contribution in [2.75, 3.05) is 58.9 Å². The summed E-state index contributed by atoms with van der Waals surface area (Å²) in [5.74, 6) is 1.27. The molecule has 29 heavy (non-hydrogen) atoms. The highest BCUT2D eigenvalue weighted by atomic mass is 32.2. The Balaban J connectivity index is 1.51. The molecule has 2 saturated heterocycles. The summed E-state index contributed by atoms with van der Waals surface area (Å²) in [5, 5.41) is 7.08. The maximum Gasteiger partial charge on any atom is 0.220 e. The number of hydrogen-bond donors (Lipinski definition) is 1. The fourth-order valence-corrected chi connectivity index (χ4v) is 5.32. The highest BCUT2D eigenvalue weighted by Gasteiger charge is 2.29. The highest BCUT2D eigenvalue weighted by molar-refractivity contribution is 7.88. The molecule has 0 amide bonds. The van der Waals surface area contributed by atoms with Gasteiger partial charge in [-0.3, -0.25) is 4.99 Å². The summed E-state index contributed by atoms with van der Waals surface area (Å²) in [7, 11) is -3.39. The van der Waals surface area contributed by atoms with Gasteiger partial charge in [-0.25, -0.2) is 8.42 Å². The van der Waals surface area contributed by atoms with Crippen LogP contribution in [0.2, 0.25) is 0 Å². The molecule has 164 valence electrons. The smallest absolute Gasteiger partial charge is 0.220 e. The molecule has 1 atom stereocenters. The second-order valence-corrected chi connectivity index (χ2v) is 9.91. The average Bonchev–Trinajstić information content (AvgIpc) is 3.39. The zero-order valence-corrected chi connectivity index (χ0v) is 18.4. The quantitative estimate of drug-likeness (QED) is 0.486. The molecule has 0 radical (unpaired) electrons. The number of piperazine rings is 1. The van der Waals surface area contributed by atoms with Gasteiger partial charge in [0.1, 0.15) is 12.0 Å². The summed E-state index contributed by atoms with van der Waals surface area (Å²) < 4.78 is 31.5. The van der Waals surface area contributed by atoms with Crippen LogP contribution >= 0.6 is 0 Å². The lowest BCUT2D eigenvalue weighted by atomic mass is 10.2. The van der Waals surface area contributed by atoms with Crippen LogP contribution in [0.15, 0.2) is 21.8 Å². The van der Waals surface area contributed by atoms with Gasteiger partial charge in [0.05, 0.1) is 5.69 Å². The molecule has 3 rings (SSSR count). The number of nitrogens with zero attached hydrogens (tertiary/aromatic N) is 5. The van der Waals surface area contributed by atoms with Gasteiger partial charge in [0.15, 0.2) is 5.96 Å².